The molecule has 0 saturated heterocycles. The average Bonchev–Trinajstić information content (AvgIpc) is 2.57. The molecule has 1 fully saturated rings. The van der Waals surface area contributed by atoms with E-state index < -0.39 is 0 Å². The second kappa shape index (κ2) is 3.59. The third kappa shape index (κ3) is 1.47. The minimum absolute atomic E-state index is 0.398. The summed E-state index contributed by atoms with van der Waals surface area (Å²) in [5, 5.41) is 4.65. The van der Waals surface area contributed by atoms with E-state index in [1.54, 1.807) is 0 Å². The van der Waals surface area contributed by atoms with Crippen LogP contribution in [0.5, 0.6) is 0 Å². The molecule has 1 aromatic rings. The zero-order valence-corrected chi connectivity index (χ0v) is 9.02. The van der Waals surface area contributed by atoms with Gasteiger partial charge in [-0.1, -0.05) is 6.42 Å². The highest BCUT2D eigenvalue weighted by atomic mass is 15.4. The molecule has 2 aliphatic rings. The Morgan fingerprint density at radius 1 is 1.27 bits per heavy atom. The predicted octanol–water partition coefficient (Wildman–Crippen LogP) is 1.38. The predicted molar refractivity (Wildman–Crippen MR) is 57.6 cm³/mol. The Bertz CT molecular complexity index is 353. The first kappa shape index (κ1) is 9.33. The summed E-state index contributed by atoms with van der Waals surface area (Å²) >= 11 is 0. The highest BCUT2D eigenvalue weighted by molar-refractivity contribution is 5.05. The Hall–Kier alpha value is -0.900. The third-order valence-electron chi connectivity index (χ3n) is 3.74. The SMILES string of the molecule is NCC1CCCc2nc(C3CCC3)nn21. The molecule has 0 radical (unpaired) electrons. The third-order valence-corrected chi connectivity index (χ3v) is 3.74. The summed E-state index contributed by atoms with van der Waals surface area (Å²) in [6, 6.07) is 0.398. The summed E-state index contributed by atoms with van der Waals surface area (Å²) in [5.41, 5.74) is 5.76. The lowest BCUT2D eigenvalue weighted by Gasteiger charge is -2.22. The van der Waals surface area contributed by atoms with Crippen LogP contribution in [-0.2, 0) is 6.42 Å². The first-order valence-electron chi connectivity index (χ1n) is 6.04. The van der Waals surface area contributed by atoms with Crippen LogP contribution in [0.1, 0.15) is 55.7 Å². The highest BCUT2D eigenvalue weighted by Gasteiger charge is 2.28. The molecule has 0 spiro atoms. The van der Waals surface area contributed by atoms with Crippen molar-refractivity contribution >= 4 is 0 Å². The van der Waals surface area contributed by atoms with Crippen LogP contribution in [0.15, 0.2) is 0 Å². The number of rotatable bonds is 2. The van der Waals surface area contributed by atoms with Gasteiger partial charge in [0.25, 0.3) is 0 Å². The van der Waals surface area contributed by atoms with Gasteiger partial charge < -0.3 is 5.73 Å². The molecule has 1 aliphatic carbocycles. The van der Waals surface area contributed by atoms with Crippen LogP contribution in [0.25, 0.3) is 0 Å². The number of hydrogen-bond donors (Lipinski definition) is 1. The van der Waals surface area contributed by atoms with Crippen LogP contribution < -0.4 is 5.73 Å². The van der Waals surface area contributed by atoms with Crippen molar-refractivity contribution in [1.29, 1.82) is 0 Å². The van der Waals surface area contributed by atoms with E-state index in [-0.39, 0.29) is 0 Å². The van der Waals surface area contributed by atoms with E-state index in [2.05, 4.69) is 14.8 Å². The molecule has 0 bridgehead atoms. The molecule has 1 aliphatic heterocycles. The smallest absolute Gasteiger partial charge is 0.154 e. The van der Waals surface area contributed by atoms with Gasteiger partial charge in [-0.15, -0.1) is 0 Å². The normalized spacial score (nSPS) is 26.1. The van der Waals surface area contributed by atoms with Crippen molar-refractivity contribution in [2.24, 2.45) is 5.73 Å². The van der Waals surface area contributed by atoms with Gasteiger partial charge in [-0.25, -0.2) is 9.67 Å². The molecule has 2 heterocycles. The Balaban J connectivity index is 1.90. The van der Waals surface area contributed by atoms with E-state index in [1.165, 1.54) is 31.5 Å². The maximum Gasteiger partial charge on any atom is 0.154 e. The van der Waals surface area contributed by atoms with E-state index in [9.17, 15) is 0 Å². The molecule has 4 heteroatoms. The van der Waals surface area contributed by atoms with Crippen LogP contribution in [0, 0.1) is 0 Å². The molecule has 82 valence electrons. The highest BCUT2D eigenvalue weighted by Crippen LogP contribution is 2.35. The van der Waals surface area contributed by atoms with E-state index >= 15 is 0 Å². The lowest BCUT2D eigenvalue weighted by molar-refractivity contribution is 0.359. The number of nitrogens with two attached hydrogens (primary N) is 1. The number of aromatic nitrogens is 3. The van der Waals surface area contributed by atoms with E-state index in [4.69, 9.17) is 5.73 Å². The van der Waals surface area contributed by atoms with E-state index in [0.29, 0.717) is 18.5 Å². The van der Waals surface area contributed by atoms with Gasteiger partial charge >= 0.3 is 0 Å². The fraction of sp³-hybridized carbons (Fsp3) is 0.818. The summed E-state index contributed by atoms with van der Waals surface area (Å²) in [5.74, 6) is 2.89. The van der Waals surface area contributed by atoms with Crippen LogP contribution in [-0.4, -0.2) is 21.3 Å². The van der Waals surface area contributed by atoms with Crippen molar-refractivity contribution < 1.29 is 0 Å². The molecular weight excluding hydrogens is 188 g/mol. The molecule has 1 unspecified atom stereocenters. The zero-order chi connectivity index (χ0) is 10.3. The van der Waals surface area contributed by atoms with Gasteiger partial charge in [0.15, 0.2) is 5.82 Å². The standard InChI is InChI=1S/C11H18N4/c12-7-9-5-2-6-10-13-11(14-15(9)10)8-3-1-4-8/h8-9H,1-7,12H2. The van der Waals surface area contributed by atoms with Crippen LogP contribution in [0.2, 0.25) is 0 Å². The average molecular weight is 206 g/mol. The molecular formula is C11H18N4. The van der Waals surface area contributed by atoms with Crippen molar-refractivity contribution in [2.45, 2.75) is 50.5 Å². The summed E-state index contributed by atoms with van der Waals surface area (Å²) in [7, 11) is 0. The molecule has 4 nitrogen and oxygen atoms in total. The van der Waals surface area contributed by atoms with Gasteiger partial charge in [-0.05, 0) is 25.7 Å². The number of nitrogens with zero attached hydrogens (tertiary/aromatic N) is 3. The minimum atomic E-state index is 0.398. The Morgan fingerprint density at radius 3 is 2.80 bits per heavy atom. The fourth-order valence-corrected chi connectivity index (χ4v) is 2.51. The summed E-state index contributed by atoms with van der Waals surface area (Å²) < 4.78 is 2.09. The minimum Gasteiger partial charge on any atom is -0.328 e. The lowest BCUT2D eigenvalue weighted by atomic mass is 9.85. The first-order valence-corrected chi connectivity index (χ1v) is 6.04. The first-order chi connectivity index (χ1) is 7.38. The van der Waals surface area contributed by atoms with Gasteiger partial charge in [0.2, 0.25) is 0 Å². The van der Waals surface area contributed by atoms with Gasteiger partial charge in [0.05, 0.1) is 6.04 Å². The molecule has 2 N–H and O–H groups in total. The lowest BCUT2D eigenvalue weighted by Crippen LogP contribution is -2.25. The van der Waals surface area contributed by atoms with Gasteiger partial charge in [-0.2, -0.15) is 5.10 Å². The summed E-state index contributed by atoms with van der Waals surface area (Å²) in [6.45, 7) is 0.695. The van der Waals surface area contributed by atoms with Gasteiger partial charge in [-0.3, -0.25) is 0 Å². The topological polar surface area (TPSA) is 56.7 Å². The number of aryl methyl sites for hydroxylation is 1. The van der Waals surface area contributed by atoms with Crippen molar-refractivity contribution in [1.82, 2.24) is 14.8 Å². The zero-order valence-electron chi connectivity index (χ0n) is 9.02. The number of fused-ring (bicyclic) bond motifs is 1. The van der Waals surface area contributed by atoms with Crippen molar-refractivity contribution in [3.8, 4) is 0 Å². The second-order valence-corrected chi connectivity index (χ2v) is 4.74. The van der Waals surface area contributed by atoms with Gasteiger partial charge in [0.1, 0.15) is 5.82 Å². The molecule has 0 aromatic carbocycles. The van der Waals surface area contributed by atoms with Crippen molar-refractivity contribution in [3.05, 3.63) is 11.6 Å². The van der Waals surface area contributed by atoms with Crippen molar-refractivity contribution in [3.63, 3.8) is 0 Å². The Labute approximate surface area is 89.9 Å². The van der Waals surface area contributed by atoms with Crippen LogP contribution in [0.4, 0.5) is 0 Å². The maximum absolute atomic E-state index is 5.76. The monoisotopic (exact) mass is 206 g/mol. The molecule has 1 atom stereocenters. The van der Waals surface area contributed by atoms with Crippen LogP contribution >= 0.6 is 0 Å². The van der Waals surface area contributed by atoms with Crippen LogP contribution in [0.3, 0.4) is 0 Å². The van der Waals surface area contributed by atoms with Gasteiger partial charge in [0, 0.05) is 18.9 Å². The van der Waals surface area contributed by atoms with Crippen molar-refractivity contribution in [2.75, 3.05) is 6.54 Å². The van der Waals surface area contributed by atoms with E-state index in [0.717, 1.165) is 18.7 Å². The summed E-state index contributed by atoms with van der Waals surface area (Å²) in [6.07, 6.45) is 7.35. The Kier molecular flexibility index (Phi) is 2.24. The van der Waals surface area contributed by atoms with E-state index in [1.807, 2.05) is 0 Å². The molecule has 0 amide bonds. The molecule has 15 heavy (non-hydrogen) atoms. The molecule has 1 saturated carbocycles. The molecule has 1 aromatic heterocycles. The fourth-order valence-electron chi connectivity index (χ4n) is 2.51. The number of hydrogen-bond acceptors (Lipinski definition) is 3. The largest absolute Gasteiger partial charge is 0.328 e. The molecule has 3 rings (SSSR count). The summed E-state index contributed by atoms with van der Waals surface area (Å²) in [4.78, 5) is 4.67. The second-order valence-electron chi connectivity index (χ2n) is 4.74. The Morgan fingerprint density at radius 2 is 2.13 bits per heavy atom. The maximum atomic E-state index is 5.76. The quantitative estimate of drug-likeness (QED) is 0.795.